The van der Waals surface area contributed by atoms with Crippen LogP contribution in [0, 0.1) is 10.1 Å². The minimum absolute atomic E-state index is 0.00955. The molecule has 1 saturated heterocycles. The first-order valence-corrected chi connectivity index (χ1v) is 7.79. The summed E-state index contributed by atoms with van der Waals surface area (Å²) in [5.74, 6) is 0.00955. The van der Waals surface area contributed by atoms with Crippen molar-refractivity contribution in [3.8, 4) is 0 Å². The number of non-ortho nitro benzene ring substituents is 1. The van der Waals surface area contributed by atoms with Crippen LogP contribution < -0.4 is 10.2 Å². The fourth-order valence-electron chi connectivity index (χ4n) is 3.02. The summed E-state index contributed by atoms with van der Waals surface area (Å²) in [5, 5.41) is 15.2. The number of likely N-dealkylation sites (N-methyl/N-ethyl adjacent to an activating group) is 1. The van der Waals surface area contributed by atoms with E-state index in [0.717, 1.165) is 37.3 Å². The van der Waals surface area contributed by atoms with Gasteiger partial charge in [0.25, 0.3) is 5.69 Å². The number of piperazine rings is 1. The van der Waals surface area contributed by atoms with E-state index in [1.165, 1.54) is 6.07 Å². The number of pyridine rings is 1. The average Bonchev–Trinajstić information content (AvgIpc) is 2.61. The van der Waals surface area contributed by atoms with Crippen LogP contribution in [0.15, 0.2) is 30.6 Å². The van der Waals surface area contributed by atoms with Gasteiger partial charge in [-0.3, -0.25) is 24.8 Å². The van der Waals surface area contributed by atoms with Crippen LogP contribution in [0.2, 0.25) is 0 Å². The van der Waals surface area contributed by atoms with E-state index in [1.807, 2.05) is 6.07 Å². The normalized spacial score (nSPS) is 15.5. The second kappa shape index (κ2) is 6.79. The van der Waals surface area contributed by atoms with E-state index in [4.69, 9.17) is 0 Å². The van der Waals surface area contributed by atoms with Crippen molar-refractivity contribution in [2.75, 3.05) is 44.7 Å². The van der Waals surface area contributed by atoms with E-state index in [1.54, 1.807) is 25.5 Å². The van der Waals surface area contributed by atoms with Crippen molar-refractivity contribution < 1.29 is 9.72 Å². The molecule has 1 N–H and O–H groups in total. The number of rotatable bonds is 4. The molecule has 2 heterocycles. The first kappa shape index (κ1) is 16.1. The fourth-order valence-corrected chi connectivity index (χ4v) is 3.02. The van der Waals surface area contributed by atoms with Crippen molar-refractivity contribution in [2.45, 2.75) is 0 Å². The van der Waals surface area contributed by atoms with Crippen LogP contribution in [0.1, 0.15) is 0 Å². The third-order valence-corrected chi connectivity index (χ3v) is 4.33. The van der Waals surface area contributed by atoms with Crippen molar-refractivity contribution in [1.29, 1.82) is 0 Å². The highest BCUT2D eigenvalue weighted by molar-refractivity contribution is 5.99. The SMILES string of the molecule is CNC(=O)CN1CCN(c2ccc([N+](=O)[O-])c3cnccc23)CC1. The van der Waals surface area contributed by atoms with Gasteiger partial charge in [-0.2, -0.15) is 0 Å². The molecule has 24 heavy (non-hydrogen) atoms. The highest BCUT2D eigenvalue weighted by atomic mass is 16.6. The van der Waals surface area contributed by atoms with Crippen LogP contribution in [0.25, 0.3) is 10.8 Å². The lowest BCUT2D eigenvalue weighted by atomic mass is 10.1. The van der Waals surface area contributed by atoms with Gasteiger partial charge in [-0.1, -0.05) is 0 Å². The lowest BCUT2D eigenvalue weighted by Gasteiger charge is -2.36. The Labute approximate surface area is 139 Å². The number of aromatic nitrogens is 1. The second-order valence-corrected chi connectivity index (χ2v) is 5.72. The first-order chi connectivity index (χ1) is 11.6. The van der Waals surface area contributed by atoms with Crippen LogP contribution >= 0.6 is 0 Å². The largest absolute Gasteiger partial charge is 0.368 e. The predicted molar refractivity (Wildman–Crippen MR) is 91.1 cm³/mol. The zero-order chi connectivity index (χ0) is 17.1. The Kier molecular flexibility index (Phi) is 4.57. The Morgan fingerprint density at radius 2 is 2.00 bits per heavy atom. The second-order valence-electron chi connectivity index (χ2n) is 5.72. The number of nitro groups is 1. The van der Waals surface area contributed by atoms with Gasteiger partial charge < -0.3 is 10.2 Å². The smallest absolute Gasteiger partial charge is 0.278 e. The lowest BCUT2D eigenvalue weighted by molar-refractivity contribution is -0.383. The van der Waals surface area contributed by atoms with Crippen LogP contribution in [-0.4, -0.2) is 60.5 Å². The van der Waals surface area contributed by atoms with Gasteiger partial charge in [0.1, 0.15) is 0 Å². The number of nitrogens with one attached hydrogen (secondary N) is 1. The molecule has 1 aromatic carbocycles. The Morgan fingerprint density at radius 3 is 2.67 bits per heavy atom. The number of nitro benzene ring substituents is 1. The fraction of sp³-hybridized carbons (Fsp3) is 0.375. The molecule has 1 amide bonds. The van der Waals surface area contributed by atoms with Gasteiger partial charge in [-0.15, -0.1) is 0 Å². The highest BCUT2D eigenvalue weighted by Crippen LogP contribution is 2.33. The molecule has 0 bridgehead atoms. The van der Waals surface area contributed by atoms with Crippen LogP contribution in [0.5, 0.6) is 0 Å². The molecular formula is C16H19N5O3. The number of nitrogens with zero attached hydrogens (tertiary/aromatic N) is 4. The molecule has 0 saturated carbocycles. The molecule has 0 atom stereocenters. The third kappa shape index (κ3) is 3.13. The molecule has 0 aliphatic carbocycles. The summed E-state index contributed by atoms with van der Waals surface area (Å²) in [7, 11) is 1.63. The molecule has 0 unspecified atom stereocenters. The van der Waals surface area contributed by atoms with Crippen molar-refractivity contribution in [1.82, 2.24) is 15.2 Å². The Bertz CT molecular complexity index is 771. The molecule has 8 nitrogen and oxygen atoms in total. The van der Waals surface area contributed by atoms with E-state index in [0.29, 0.717) is 11.9 Å². The molecule has 0 radical (unpaired) electrons. The Hall–Kier alpha value is -2.74. The molecule has 2 aromatic rings. The van der Waals surface area contributed by atoms with Crippen LogP contribution in [0.3, 0.4) is 0 Å². The number of anilines is 1. The van der Waals surface area contributed by atoms with Gasteiger partial charge in [0.2, 0.25) is 5.91 Å². The maximum Gasteiger partial charge on any atom is 0.278 e. The molecule has 1 aliphatic heterocycles. The number of amides is 1. The molecule has 1 aliphatic rings. The number of hydrogen-bond donors (Lipinski definition) is 1. The number of benzene rings is 1. The summed E-state index contributed by atoms with van der Waals surface area (Å²) in [6.07, 6.45) is 3.19. The van der Waals surface area contributed by atoms with E-state index in [2.05, 4.69) is 20.1 Å². The Balaban J connectivity index is 1.83. The zero-order valence-electron chi connectivity index (χ0n) is 13.4. The number of carbonyl (C=O) groups is 1. The van der Waals surface area contributed by atoms with Gasteiger partial charge in [-0.25, -0.2) is 0 Å². The molecule has 1 fully saturated rings. The topological polar surface area (TPSA) is 91.6 Å². The lowest BCUT2D eigenvalue weighted by Crippen LogP contribution is -2.49. The van der Waals surface area contributed by atoms with Gasteiger partial charge in [0.05, 0.1) is 16.9 Å². The van der Waals surface area contributed by atoms with Crippen molar-refractivity contribution >= 4 is 28.1 Å². The quantitative estimate of drug-likeness (QED) is 0.665. The maximum absolute atomic E-state index is 11.5. The first-order valence-electron chi connectivity index (χ1n) is 7.79. The molecule has 0 spiro atoms. The number of hydrogen-bond acceptors (Lipinski definition) is 6. The molecule has 1 aromatic heterocycles. The highest BCUT2D eigenvalue weighted by Gasteiger charge is 2.22. The zero-order valence-corrected chi connectivity index (χ0v) is 13.4. The summed E-state index contributed by atoms with van der Waals surface area (Å²) in [6.45, 7) is 3.49. The summed E-state index contributed by atoms with van der Waals surface area (Å²) in [5.41, 5.74) is 1.04. The maximum atomic E-state index is 11.5. The van der Waals surface area contributed by atoms with E-state index >= 15 is 0 Å². The standard InChI is InChI=1S/C16H19N5O3/c1-17-16(22)11-19-6-8-20(9-7-19)14-2-3-15(21(23)24)13-10-18-5-4-12(13)14/h2-5,10H,6-9,11H2,1H3,(H,17,22). The predicted octanol–water partition coefficient (Wildman–Crippen LogP) is 1.01. The average molecular weight is 329 g/mol. The number of carbonyl (C=O) groups excluding carboxylic acids is 1. The minimum Gasteiger partial charge on any atom is -0.368 e. The van der Waals surface area contributed by atoms with Crippen LogP contribution in [-0.2, 0) is 4.79 Å². The van der Waals surface area contributed by atoms with Gasteiger partial charge in [0.15, 0.2) is 0 Å². The molecule has 8 heteroatoms. The van der Waals surface area contributed by atoms with Crippen molar-refractivity contribution in [3.05, 3.63) is 40.7 Å². The van der Waals surface area contributed by atoms with E-state index in [9.17, 15) is 14.9 Å². The van der Waals surface area contributed by atoms with Gasteiger partial charge in [0, 0.05) is 62.8 Å². The minimum atomic E-state index is -0.380. The summed E-state index contributed by atoms with van der Waals surface area (Å²) in [4.78, 5) is 30.6. The molecular weight excluding hydrogens is 310 g/mol. The number of fused-ring (bicyclic) bond motifs is 1. The van der Waals surface area contributed by atoms with Crippen LogP contribution in [0.4, 0.5) is 11.4 Å². The van der Waals surface area contributed by atoms with Crippen molar-refractivity contribution in [3.63, 3.8) is 0 Å². The summed E-state index contributed by atoms with van der Waals surface area (Å²) in [6, 6.07) is 5.15. The summed E-state index contributed by atoms with van der Waals surface area (Å²) < 4.78 is 0. The van der Waals surface area contributed by atoms with Gasteiger partial charge in [-0.05, 0) is 12.1 Å². The van der Waals surface area contributed by atoms with E-state index < -0.39 is 0 Å². The molecule has 126 valence electrons. The van der Waals surface area contributed by atoms with Gasteiger partial charge >= 0.3 is 0 Å². The Morgan fingerprint density at radius 1 is 1.25 bits per heavy atom. The third-order valence-electron chi connectivity index (χ3n) is 4.33. The summed E-state index contributed by atoms with van der Waals surface area (Å²) >= 11 is 0. The van der Waals surface area contributed by atoms with Crippen molar-refractivity contribution in [2.24, 2.45) is 0 Å². The monoisotopic (exact) mass is 329 g/mol. The van der Waals surface area contributed by atoms with E-state index in [-0.39, 0.29) is 16.5 Å². The molecule has 3 rings (SSSR count).